The van der Waals surface area contributed by atoms with E-state index >= 15 is 0 Å². The van der Waals surface area contributed by atoms with E-state index in [0.717, 1.165) is 25.2 Å². The van der Waals surface area contributed by atoms with Gasteiger partial charge in [-0.2, -0.15) is 0 Å². The fraction of sp³-hybridized carbons (Fsp3) is 0.450. The molecule has 27 heavy (non-hydrogen) atoms. The summed E-state index contributed by atoms with van der Waals surface area (Å²) in [4.78, 5) is 8.21. The molecule has 2 N–H and O–H groups in total. The van der Waals surface area contributed by atoms with Gasteiger partial charge in [0.05, 0.1) is 13.2 Å². The number of nitrogens with zero attached hydrogens (tertiary/aromatic N) is 2. The third kappa shape index (κ3) is 5.20. The van der Waals surface area contributed by atoms with Gasteiger partial charge in [0, 0.05) is 25.0 Å². The van der Waals surface area contributed by atoms with Crippen LogP contribution in [0.15, 0.2) is 40.7 Å². The molecule has 0 saturated carbocycles. The maximum absolute atomic E-state index is 13.8. The minimum Gasteiger partial charge on any atom is -0.494 e. The second-order valence-corrected chi connectivity index (χ2v) is 7.53. The van der Waals surface area contributed by atoms with E-state index in [0.29, 0.717) is 18.5 Å². The summed E-state index contributed by atoms with van der Waals surface area (Å²) in [6, 6.07) is 9.63. The Bertz CT molecular complexity index is 744. The quantitative estimate of drug-likeness (QED) is 0.562. The topological polar surface area (TPSA) is 48.9 Å². The first-order valence-corrected chi connectivity index (χ1v) is 10.1. The Morgan fingerprint density at radius 2 is 2.11 bits per heavy atom. The summed E-state index contributed by atoms with van der Waals surface area (Å²) in [5.41, 5.74) is 0.839. The second-order valence-electron chi connectivity index (χ2n) is 6.55. The summed E-state index contributed by atoms with van der Waals surface area (Å²) in [5, 5.41) is 8.81. The number of hydrogen-bond acceptors (Lipinski definition) is 4. The number of ether oxygens (including phenoxy) is 1. The van der Waals surface area contributed by atoms with Gasteiger partial charge in [0.15, 0.2) is 17.5 Å². The number of halogens is 1. The molecule has 1 aliphatic heterocycles. The summed E-state index contributed by atoms with van der Waals surface area (Å²) in [7, 11) is 3.21. The van der Waals surface area contributed by atoms with E-state index < -0.39 is 0 Å². The van der Waals surface area contributed by atoms with Gasteiger partial charge in [0.25, 0.3) is 0 Å². The van der Waals surface area contributed by atoms with Gasteiger partial charge in [-0.1, -0.05) is 12.1 Å². The van der Waals surface area contributed by atoms with Crippen molar-refractivity contribution < 1.29 is 9.13 Å². The Morgan fingerprint density at radius 1 is 1.30 bits per heavy atom. The monoisotopic (exact) mass is 390 g/mol. The predicted molar refractivity (Wildman–Crippen MR) is 109 cm³/mol. The van der Waals surface area contributed by atoms with Crippen molar-refractivity contribution in [3.05, 3.63) is 52.0 Å². The molecule has 2 aromatic rings. The largest absolute Gasteiger partial charge is 0.494 e. The maximum Gasteiger partial charge on any atom is 0.191 e. The lowest BCUT2D eigenvalue weighted by molar-refractivity contribution is 0.249. The normalized spacial score (nSPS) is 16.3. The van der Waals surface area contributed by atoms with Crippen LogP contribution in [0.4, 0.5) is 4.39 Å². The van der Waals surface area contributed by atoms with Crippen LogP contribution in [0, 0.1) is 5.82 Å². The third-order valence-corrected chi connectivity index (χ3v) is 5.79. The van der Waals surface area contributed by atoms with Gasteiger partial charge in [0.2, 0.25) is 0 Å². The van der Waals surface area contributed by atoms with Gasteiger partial charge >= 0.3 is 0 Å². The molecule has 1 saturated heterocycles. The molecule has 1 aromatic heterocycles. The van der Waals surface area contributed by atoms with Crippen molar-refractivity contribution in [1.29, 1.82) is 0 Å². The molecule has 1 aliphatic rings. The van der Waals surface area contributed by atoms with Crippen molar-refractivity contribution in [1.82, 2.24) is 15.5 Å². The van der Waals surface area contributed by atoms with Crippen LogP contribution in [0.25, 0.3) is 0 Å². The average molecular weight is 391 g/mol. The maximum atomic E-state index is 13.8. The fourth-order valence-electron chi connectivity index (χ4n) is 3.36. The van der Waals surface area contributed by atoms with Crippen LogP contribution in [0.1, 0.15) is 29.3 Å². The second kappa shape index (κ2) is 9.71. The Kier molecular flexibility index (Phi) is 7.06. The highest BCUT2D eigenvalue weighted by Gasteiger charge is 2.24. The Balaban J connectivity index is 1.57. The van der Waals surface area contributed by atoms with Gasteiger partial charge in [-0.15, -0.1) is 11.3 Å². The summed E-state index contributed by atoms with van der Waals surface area (Å²) in [5.74, 6) is 0.615. The molecule has 0 amide bonds. The van der Waals surface area contributed by atoms with Gasteiger partial charge in [-0.25, -0.2) is 4.39 Å². The minimum atomic E-state index is -0.355. The Morgan fingerprint density at radius 3 is 2.74 bits per heavy atom. The summed E-state index contributed by atoms with van der Waals surface area (Å²) >= 11 is 1.80. The molecule has 0 radical (unpaired) electrons. The molecule has 0 spiro atoms. The zero-order valence-electron chi connectivity index (χ0n) is 15.9. The number of rotatable bonds is 7. The SMILES string of the molecule is CN=C(NCc1ccc(OC)c(F)c1)NCC(c1cccs1)N1CCCC1. The Labute approximate surface area is 164 Å². The predicted octanol–water partition coefficient (Wildman–Crippen LogP) is 3.40. The molecular formula is C20H27FN4OS. The van der Waals surface area contributed by atoms with Crippen LogP contribution in [0.5, 0.6) is 5.75 Å². The molecule has 7 heteroatoms. The fourth-order valence-corrected chi connectivity index (χ4v) is 4.22. The van der Waals surface area contributed by atoms with Gasteiger partial charge in [-0.3, -0.25) is 9.89 Å². The highest BCUT2D eigenvalue weighted by Crippen LogP contribution is 2.27. The molecule has 0 bridgehead atoms. The number of benzene rings is 1. The smallest absolute Gasteiger partial charge is 0.191 e. The van der Waals surface area contributed by atoms with Crippen molar-refractivity contribution >= 4 is 17.3 Å². The first-order valence-electron chi connectivity index (χ1n) is 9.25. The molecule has 1 atom stereocenters. The molecule has 146 valence electrons. The average Bonchev–Trinajstić information content (AvgIpc) is 3.39. The van der Waals surface area contributed by atoms with Crippen molar-refractivity contribution in [2.45, 2.75) is 25.4 Å². The highest BCUT2D eigenvalue weighted by molar-refractivity contribution is 7.10. The van der Waals surface area contributed by atoms with Crippen molar-refractivity contribution in [3.63, 3.8) is 0 Å². The van der Waals surface area contributed by atoms with Crippen LogP contribution < -0.4 is 15.4 Å². The summed E-state index contributed by atoms with van der Waals surface area (Å²) in [6.07, 6.45) is 2.52. The number of aliphatic imine (C=N–C) groups is 1. The van der Waals surface area contributed by atoms with E-state index in [-0.39, 0.29) is 11.6 Å². The molecule has 5 nitrogen and oxygen atoms in total. The van der Waals surface area contributed by atoms with Crippen LogP contribution >= 0.6 is 11.3 Å². The molecule has 0 aliphatic carbocycles. The van der Waals surface area contributed by atoms with Crippen molar-refractivity contribution in [2.24, 2.45) is 4.99 Å². The van der Waals surface area contributed by atoms with Crippen LogP contribution in [-0.4, -0.2) is 44.7 Å². The molecule has 1 fully saturated rings. The minimum absolute atomic E-state index is 0.255. The van der Waals surface area contributed by atoms with E-state index in [1.165, 1.54) is 30.9 Å². The number of guanidine groups is 1. The summed E-state index contributed by atoms with van der Waals surface area (Å²) in [6.45, 7) is 3.56. The first-order chi connectivity index (χ1) is 13.2. The molecular weight excluding hydrogens is 363 g/mol. The molecule has 3 rings (SSSR count). The van der Waals surface area contributed by atoms with Crippen molar-refractivity contribution in [3.8, 4) is 5.75 Å². The number of hydrogen-bond donors (Lipinski definition) is 2. The Hall–Kier alpha value is -2.12. The molecule has 1 unspecified atom stereocenters. The van der Waals surface area contributed by atoms with Gasteiger partial charge in [0.1, 0.15) is 0 Å². The highest BCUT2D eigenvalue weighted by atomic mass is 32.1. The number of likely N-dealkylation sites (tertiary alicyclic amines) is 1. The standard InChI is InChI=1S/C20H27FN4OS/c1-22-20(23-13-15-7-8-18(26-2)16(21)12-15)24-14-17(19-6-5-11-27-19)25-9-3-4-10-25/h5-8,11-12,17H,3-4,9-10,13-14H2,1-2H3,(H2,22,23,24). The van der Waals surface area contributed by atoms with E-state index in [9.17, 15) is 4.39 Å². The number of thiophene rings is 1. The van der Waals surface area contributed by atoms with E-state index in [2.05, 4.69) is 38.0 Å². The van der Waals surface area contributed by atoms with Crippen molar-refractivity contribution in [2.75, 3.05) is 33.8 Å². The van der Waals surface area contributed by atoms with Gasteiger partial charge in [-0.05, 0) is 55.1 Å². The zero-order chi connectivity index (χ0) is 19.1. The van der Waals surface area contributed by atoms with E-state index in [1.807, 2.05) is 6.07 Å². The number of nitrogens with one attached hydrogen (secondary N) is 2. The first kappa shape index (κ1) is 19.6. The molecule has 2 heterocycles. The lowest BCUT2D eigenvalue weighted by Crippen LogP contribution is -2.42. The van der Waals surface area contributed by atoms with Crippen LogP contribution in [0.3, 0.4) is 0 Å². The lowest BCUT2D eigenvalue weighted by Gasteiger charge is -2.27. The molecule has 1 aromatic carbocycles. The number of methoxy groups -OCH3 is 1. The van der Waals surface area contributed by atoms with Crippen LogP contribution in [-0.2, 0) is 6.54 Å². The lowest BCUT2D eigenvalue weighted by atomic mass is 10.2. The van der Waals surface area contributed by atoms with E-state index in [4.69, 9.17) is 4.74 Å². The van der Waals surface area contributed by atoms with Crippen LogP contribution in [0.2, 0.25) is 0 Å². The summed E-state index contributed by atoms with van der Waals surface area (Å²) < 4.78 is 18.8. The zero-order valence-corrected chi connectivity index (χ0v) is 16.7. The third-order valence-electron chi connectivity index (χ3n) is 4.82. The van der Waals surface area contributed by atoms with Gasteiger partial charge < -0.3 is 15.4 Å². The van der Waals surface area contributed by atoms with E-state index in [1.54, 1.807) is 24.5 Å².